The summed E-state index contributed by atoms with van der Waals surface area (Å²) in [6.07, 6.45) is 4.64. The molecule has 0 bridgehead atoms. The Kier molecular flexibility index (Phi) is 3.93. The largest absolute Gasteiger partial charge is 0.467 e. The van der Waals surface area contributed by atoms with E-state index in [4.69, 9.17) is 4.42 Å². The number of anilines is 1. The fourth-order valence-electron chi connectivity index (χ4n) is 1.46. The van der Waals surface area contributed by atoms with Crippen LogP contribution in [0.1, 0.15) is 11.8 Å². The number of aromatic nitrogens is 1. The predicted molar refractivity (Wildman–Crippen MR) is 64.9 cm³/mol. The van der Waals surface area contributed by atoms with E-state index >= 15 is 0 Å². The molecule has 94 valence electrons. The molecule has 0 aliphatic carbocycles. The van der Waals surface area contributed by atoms with Crippen LogP contribution in [0.15, 0.2) is 47.3 Å². The lowest BCUT2D eigenvalue weighted by molar-refractivity contribution is 0.215. The summed E-state index contributed by atoms with van der Waals surface area (Å²) in [5.74, 6) is 0.502. The molecule has 18 heavy (non-hydrogen) atoms. The summed E-state index contributed by atoms with van der Waals surface area (Å²) in [7, 11) is 0. The highest BCUT2D eigenvalue weighted by Gasteiger charge is 2.15. The average molecular weight is 247 g/mol. The second-order valence-corrected chi connectivity index (χ2v) is 3.58. The van der Waals surface area contributed by atoms with Gasteiger partial charge in [0.15, 0.2) is 0 Å². The quantitative estimate of drug-likeness (QED) is 0.764. The van der Waals surface area contributed by atoms with E-state index in [2.05, 4.69) is 15.6 Å². The van der Waals surface area contributed by atoms with E-state index in [1.54, 1.807) is 36.7 Å². The topological polar surface area (TPSA) is 87.4 Å². The number of urea groups is 1. The van der Waals surface area contributed by atoms with Gasteiger partial charge < -0.3 is 20.2 Å². The fraction of sp³-hybridized carbons (Fsp3) is 0.167. The summed E-state index contributed by atoms with van der Waals surface area (Å²) in [5.41, 5.74) is 0.624. The SMILES string of the molecule is O=C(Nc1ccncc1)NC(CO)c1ccco1. The van der Waals surface area contributed by atoms with Crippen LogP contribution in [-0.2, 0) is 0 Å². The number of carbonyl (C=O) groups is 1. The van der Waals surface area contributed by atoms with Crippen molar-refractivity contribution in [3.63, 3.8) is 0 Å². The lowest BCUT2D eigenvalue weighted by atomic mass is 10.2. The maximum atomic E-state index is 11.7. The lowest BCUT2D eigenvalue weighted by Gasteiger charge is -2.14. The summed E-state index contributed by atoms with van der Waals surface area (Å²) < 4.78 is 5.13. The predicted octanol–water partition coefficient (Wildman–Crippen LogP) is 1.53. The zero-order valence-corrected chi connectivity index (χ0v) is 9.54. The standard InChI is InChI=1S/C12H13N3O3/c16-8-10(11-2-1-7-18-11)15-12(17)14-9-3-5-13-6-4-9/h1-7,10,16H,8H2,(H2,13,14,15,17). The second kappa shape index (κ2) is 5.83. The highest BCUT2D eigenvalue weighted by molar-refractivity contribution is 5.89. The van der Waals surface area contributed by atoms with Crippen molar-refractivity contribution >= 4 is 11.7 Å². The number of rotatable bonds is 4. The van der Waals surface area contributed by atoms with Crippen molar-refractivity contribution < 1.29 is 14.3 Å². The van der Waals surface area contributed by atoms with Crippen LogP contribution in [0.5, 0.6) is 0 Å². The van der Waals surface area contributed by atoms with Crippen molar-refractivity contribution in [3.05, 3.63) is 48.7 Å². The van der Waals surface area contributed by atoms with Gasteiger partial charge in [0.25, 0.3) is 0 Å². The summed E-state index contributed by atoms with van der Waals surface area (Å²) >= 11 is 0. The summed E-state index contributed by atoms with van der Waals surface area (Å²) in [5, 5.41) is 14.4. The molecule has 0 fully saturated rings. The molecule has 1 unspecified atom stereocenters. The smallest absolute Gasteiger partial charge is 0.319 e. The monoisotopic (exact) mass is 247 g/mol. The van der Waals surface area contributed by atoms with Crippen molar-refractivity contribution in [1.82, 2.24) is 10.3 Å². The average Bonchev–Trinajstić information content (AvgIpc) is 2.91. The first kappa shape index (κ1) is 12.1. The number of nitrogens with zero attached hydrogens (tertiary/aromatic N) is 1. The zero-order valence-electron chi connectivity index (χ0n) is 9.54. The molecule has 0 aromatic carbocycles. The molecular weight excluding hydrogens is 234 g/mol. The first-order chi connectivity index (χ1) is 8.79. The van der Waals surface area contributed by atoms with E-state index in [1.807, 2.05) is 0 Å². The number of furan rings is 1. The molecule has 0 saturated heterocycles. The molecule has 1 atom stereocenters. The van der Waals surface area contributed by atoms with E-state index in [9.17, 15) is 9.90 Å². The molecule has 0 aliphatic heterocycles. The second-order valence-electron chi connectivity index (χ2n) is 3.58. The molecule has 2 aromatic heterocycles. The van der Waals surface area contributed by atoms with Crippen LogP contribution < -0.4 is 10.6 Å². The third kappa shape index (κ3) is 3.08. The van der Waals surface area contributed by atoms with Gasteiger partial charge in [-0.25, -0.2) is 4.79 Å². The fourth-order valence-corrected chi connectivity index (χ4v) is 1.46. The molecule has 6 nitrogen and oxygen atoms in total. The van der Waals surface area contributed by atoms with Gasteiger partial charge in [-0.1, -0.05) is 0 Å². The Morgan fingerprint density at radius 2 is 2.17 bits per heavy atom. The van der Waals surface area contributed by atoms with Gasteiger partial charge in [0.2, 0.25) is 0 Å². The number of pyridine rings is 1. The zero-order chi connectivity index (χ0) is 12.8. The first-order valence-corrected chi connectivity index (χ1v) is 5.41. The van der Waals surface area contributed by atoms with Crippen LogP contribution in [0.2, 0.25) is 0 Å². The minimum absolute atomic E-state index is 0.239. The Morgan fingerprint density at radius 3 is 2.78 bits per heavy atom. The third-order valence-electron chi connectivity index (χ3n) is 2.31. The van der Waals surface area contributed by atoms with E-state index < -0.39 is 12.1 Å². The number of aliphatic hydroxyl groups is 1. The van der Waals surface area contributed by atoms with E-state index in [-0.39, 0.29) is 6.61 Å². The van der Waals surface area contributed by atoms with Crippen LogP contribution >= 0.6 is 0 Å². The Morgan fingerprint density at radius 1 is 1.39 bits per heavy atom. The van der Waals surface area contributed by atoms with Gasteiger partial charge in [-0.15, -0.1) is 0 Å². The highest BCUT2D eigenvalue weighted by Crippen LogP contribution is 2.13. The minimum Gasteiger partial charge on any atom is -0.467 e. The molecule has 2 aromatic rings. The third-order valence-corrected chi connectivity index (χ3v) is 2.31. The summed E-state index contributed by atoms with van der Waals surface area (Å²) in [6, 6.07) is 5.73. The Labute approximate surface area is 104 Å². The summed E-state index contributed by atoms with van der Waals surface area (Å²) in [6.45, 7) is -0.239. The number of amides is 2. The Balaban J connectivity index is 1.94. The molecule has 6 heteroatoms. The van der Waals surface area contributed by atoms with Gasteiger partial charge in [-0.3, -0.25) is 4.98 Å². The molecule has 0 radical (unpaired) electrons. The number of aliphatic hydroxyl groups excluding tert-OH is 1. The van der Waals surface area contributed by atoms with E-state index in [0.29, 0.717) is 11.4 Å². The number of nitrogens with one attached hydrogen (secondary N) is 2. The molecule has 0 spiro atoms. The van der Waals surface area contributed by atoms with Crippen LogP contribution in [0, 0.1) is 0 Å². The molecule has 0 saturated carbocycles. The van der Waals surface area contributed by atoms with Gasteiger partial charge in [0, 0.05) is 18.1 Å². The maximum Gasteiger partial charge on any atom is 0.319 e. The van der Waals surface area contributed by atoms with Gasteiger partial charge in [0.1, 0.15) is 11.8 Å². The van der Waals surface area contributed by atoms with Crippen molar-refractivity contribution in [2.45, 2.75) is 6.04 Å². The molecule has 3 N–H and O–H groups in total. The molecular formula is C12H13N3O3. The van der Waals surface area contributed by atoms with Crippen molar-refractivity contribution in [2.24, 2.45) is 0 Å². The first-order valence-electron chi connectivity index (χ1n) is 5.41. The van der Waals surface area contributed by atoms with Crippen LogP contribution in [0.3, 0.4) is 0 Å². The van der Waals surface area contributed by atoms with Crippen LogP contribution in [0.25, 0.3) is 0 Å². The van der Waals surface area contributed by atoms with E-state index in [0.717, 1.165) is 0 Å². The Hall–Kier alpha value is -2.34. The maximum absolute atomic E-state index is 11.7. The summed E-state index contributed by atoms with van der Waals surface area (Å²) in [4.78, 5) is 15.5. The number of hydrogen-bond donors (Lipinski definition) is 3. The number of carbonyl (C=O) groups excluding carboxylic acids is 1. The minimum atomic E-state index is -0.568. The molecule has 2 amide bonds. The lowest BCUT2D eigenvalue weighted by Crippen LogP contribution is -2.34. The van der Waals surface area contributed by atoms with Gasteiger partial charge in [-0.2, -0.15) is 0 Å². The van der Waals surface area contributed by atoms with Gasteiger partial charge in [0.05, 0.1) is 12.9 Å². The molecule has 2 rings (SSSR count). The molecule has 2 heterocycles. The van der Waals surface area contributed by atoms with Crippen molar-refractivity contribution in [1.29, 1.82) is 0 Å². The van der Waals surface area contributed by atoms with Crippen LogP contribution in [-0.4, -0.2) is 22.7 Å². The van der Waals surface area contributed by atoms with Crippen molar-refractivity contribution in [2.75, 3.05) is 11.9 Å². The van der Waals surface area contributed by atoms with Gasteiger partial charge >= 0.3 is 6.03 Å². The van der Waals surface area contributed by atoms with E-state index in [1.165, 1.54) is 6.26 Å². The highest BCUT2D eigenvalue weighted by atomic mass is 16.3. The Bertz CT molecular complexity index is 485. The van der Waals surface area contributed by atoms with Crippen molar-refractivity contribution in [3.8, 4) is 0 Å². The van der Waals surface area contributed by atoms with Crippen LogP contribution in [0.4, 0.5) is 10.5 Å². The molecule has 0 aliphatic rings. The number of hydrogen-bond acceptors (Lipinski definition) is 4. The van der Waals surface area contributed by atoms with Gasteiger partial charge in [-0.05, 0) is 24.3 Å². The normalized spacial score (nSPS) is 11.8.